The van der Waals surface area contributed by atoms with E-state index in [1.165, 1.54) is 33.5 Å². The molecule has 0 spiro atoms. The molecule has 2 N–H and O–H groups in total. The Morgan fingerprint density at radius 2 is 1.70 bits per heavy atom. The van der Waals surface area contributed by atoms with Crippen molar-refractivity contribution in [2.75, 3.05) is 39.7 Å². The van der Waals surface area contributed by atoms with Crippen molar-refractivity contribution < 1.29 is 28.2 Å². The normalized spacial score (nSPS) is 17.8. The van der Waals surface area contributed by atoms with Crippen molar-refractivity contribution in [3.63, 3.8) is 0 Å². The summed E-state index contributed by atoms with van der Waals surface area (Å²) >= 11 is 0. The average molecular weight is 460 g/mol. The number of urea groups is 1. The summed E-state index contributed by atoms with van der Waals surface area (Å²) < 4.78 is 29.1. The topological polar surface area (TPSA) is 89.1 Å². The molecule has 8 nitrogen and oxygen atoms in total. The van der Waals surface area contributed by atoms with Crippen LogP contribution in [0.25, 0.3) is 0 Å². The third-order valence-electron chi connectivity index (χ3n) is 5.81. The molecule has 2 aromatic carbocycles. The Labute approximate surface area is 193 Å². The molecule has 1 unspecified atom stereocenters. The first-order chi connectivity index (χ1) is 15.8. The van der Waals surface area contributed by atoms with Crippen LogP contribution in [0, 0.1) is 11.2 Å². The predicted octanol–water partition coefficient (Wildman–Crippen LogP) is 3.80. The smallest absolute Gasteiger partial charge is 0.321 e. The number of carbonyl (C=O) groups excluding carboxylic acids is 2. The van der Waals surface area contributed by atoms with Crippen LogP contribution in [0.15, 0.2) is 36.4 Å². The summed E-state index contributed by atoms with van der Waals surface area (Å²) in [5, 5.41) is 5.77. The van der Waals surface area contributed by atoms with Crippen molar-refractivity contribution in [2.45, 2.75) is 26.3 Å². The number of halogens is 1. The summed E-state index contributed by atoms with van der Waals surface area (Å²) in [4.78, 5) is 27.5. The molecule has 1 aliphatic rings. The van der Waals surface area contributed by atoms with Gasteiger partial charge in [0.05, 0.1) is 32.4 Å². The van der Waals surface area contributed by atoms with E-state index in [2.05, 4.69) is 10.6 Å². The van der Waals surface area contributed by atoms with E-state index < -0.39 is 5.41 Å². The van der Waals surface area contributed by atoms with Crippen LogP contribution >= 0.6 is 0 Å². The van der Waals surface area contributed by atoms with Gasteiger partial charge in [0.1, 0.15) is 5.82 Å². The van der Waals surface area contributed by atoms with E-state index in [0.29, 0.717) is 48.9 Å². The van der Waals surface area contributed by atoms with Crippen LogP contribution in [0.1, 0.15) is 25.3 Å². The van der Waals surface area contributed by atoms with Gasteiger partial charge in [0.2, 0.25) is 11.7 Å². The van der Waals surface area contributed by atoms with Crippen molar-refractivity contribution in [3.8, 4) is 17.2 Å². The standard InChI is InChI=1S/C24H30FN3O5/c1-24(22(29)26-14-16-6-8-17(25)9-7-16)10-5-11-28(15-24)23(30)27-18-12-19(31-2)21(33-4)20(13-18)32-3/h6-9,12-13H,5,10-11,14-15H2,1-4H3,(H,26,29)(H,27,30). The summed E-state index contributed by atoms with van der Waals surface area (Å²) in [5.41, 5.74) is 0.564. The van der Waals surface area contributed by atoms with Gasteiger partial charge < -0.3 is 29.7 Å². The van der Waals surface area contributed by atoms with Crippen LogP contribution in [0.4, 0.5) is 14.9 Å². The maximum Gasteiger partial charge on any atom is 0.321 e. The van der Waals surface area contributed by atoms with Crippen molar-refractivity contribution in [1.82, 2.24) is 10.2 Å². The second-order valence-electron chi connectivity index (χ2n) is 8.24. The molecule has 1 saturated heterocycles. The number of amides is 3. The first-order valence-electron chi connectivity index (χ1n) is 10.7. The fourth-order valence-electron chi connectivity index (χ4n) is 3.95. The summed E-state index contributed by atoms with van der Waals surface area (Å²) in [6, 6.07) is 8.97. The summed E-state index contributed by atoms with van der Waals surface area (Å²) in [5.74, 6) is 0.822. The van der Waals surface area contributed by atoms with Gasteiger partial charge in [0, 0.05) is 31.8 Å². The van der Waals surface area contributed by atoms with Crippen LogP contribution in [0.3, 0.4) is 0 Å². The second kappa shape index (κ2) is 10.4. The maximum absolute atomic E-state index is 13.1. The minimum atomic E-state index is -0.731. The van der Waals surface area contributed by atoms with Gasteiger partial charge >= 0.3 is 6.03 Å². The molecule has 0 aliphatic carbocycles. The van der Waals surface area contributed by atoms with E-state index >= 15 is 0 Å². The molecule has 0 radical (unpaired) electrons. The second-order valence-corrected chi connectivity index (χ2v) is 8.24. The Hall–Kier alpha value is -3.49. The van der Waals surface area contributed by atoms with Gasteiger partial charge in [0.25, 0.3) is 0 Å². The van der Waals surface area contributed by atoms with Crippen molar-refractivity contribution in [3.05, 3.63) is 47.8 Å². The number of anilines is 1. The molecule has 2 aromatic rings. The lowest BCUT2D eigenvalue weighted by molar-refractivity contribution is -0.132. The van der Waals surface area contributed by atoms with Gasteiger partial charge in [-0.1, -0.05) is 12.1 Å². The Bertz CT molecular complexity index is 973. The van der Waals surface area contributed by atoms with Gasteiger partial charge in [-0.05, 0) is 37.5 Å². The van der Waals surface area contributed by atoms with Crippen molar-refractivity contribution in [1.29, 1.82) is 0 Å². The van der Waals surface area contributed by atoms with E-state index in [0.717, 1.165) is 5.56 Å². The van der Waals surface area contributed by atoms with Gasteiger partial charge in [-0.2, -0.15) is 0 Å². The Balaban J connectivity index is 1.66. The lowest BCUT2D eigenvalue weighted by atomic mass is 9.81. The molecule has 9 heteroatoms. The highest BCUT2D eigenvalue weighted by Crippen LogP contribution is 2.40. The molecular weight excluding hydrogens is 429 g/mol. The summed E-state index contributed by atoms with van der Waals surface area (Å²) in [7, 11) is 4.52. The largest absolute Gasteiger partial charge is 0.493 e. The zero-order valence-corrected chi connectivity index (χ0v) is 19.4. The lowest BCUT2D eigenvalue weighted by Gasteiger charge is -2.39. The van der Waals surface area contributed by atoms with Gasteiger partial charge in [0.15, 0.2) is 11.5 Å². The number of benzene rings is 2. The molecule has 3 amide bonds. The minimum Gasteiger partial charge on any atom is -0.493 e. The highest BCUT2D eigenvalue weighted by atomic mass is 19.1. The molecule has 33 heavy (non-hydrogen) atoms. The van der Waals surface area contributed by atoms with E-state index in [9.17, 15) is 14.0 Å². The molecule has 178 valence electrons. The van der Waals surface area contributed by atoms with E-state index in [1.807, 2.05) is 6.92 Å². The van der Waals surface area contributed by atoms with Crippen LogP contribution in [0.2, 0.25) is 0 Å². The van der Waals surface area contributed by atoms with Gasteiger partial charge in [-0.25, -0.2) is 9.18 Å². The molecule has 0 aromatic heterocycles. The SMILES string of the molecule is COc1cc(NC(=O)N2CCCC(C)(C(=O)NCc3ccc(F)cc3)C2)cc(OC)c1OC. The molecular formula is C24H30FN3O5. The molecule has 0 saturated carbocycles. The number of carbonyl (C=O) groups is 2. The first-order valence-corrected chi connectivity index (χ1v) is 10.7. The van der Waals surface area contributed by atoms with E-state index in [1.54, 1.807) is 29.2 Å². The number of hydrogen-bond acceptors (Lipinski definition) is 5. The number of hydrogen-bond donors (Lipinski definition) is 2. The number of rotatable bonds is 7. The number of ether oxygens (including phenoxy) is 3. The number of methoxy groups -OCH3 is 3. The van der Waals surface area contributed by atoms with Crippen LogP contribution in [0.5, 0.6) is 17.2 Å². The lowest BCUT2D eigenvalue weighted by Crippen LogP contribution is -2.52. The number of nitrogens with zero attached hydrogens (tertiary/aromatic N) is 1. The molecule has 1 aliphatic heterocycles. The monoisotopic (exact) mass is 459 g/mol. The van der Waals surface area contributed by atoms with Crippen molar-refractivity contribution >= 4 is 17.6 Å². The van der Waals surface area contributed by atoms with Crippen LogP contribution in [-0.4, -0.2) is 51.3 Å². The Morgan fingerprint density at radius 1 is 1.06 bits per heavy atom. The summed E-state index contributed by atoms with van der Waals surface area (Å²) in [6.07, 6.45) is 1.36. The third-order valence-corrected chi connectivity index (χ3v) is 5.81. The highest BCUT2D eigenvalue weighted by Gasteiger charge is 2.39. The van der Waals surface area contributed by atoms with Crippen LogP contribution < -0.4 is 24.8 Å². The zero-order valence-electron chi connectivity index (χ0n) is 19.4. The average Bonchev–Trinajstić information content (AvgIpc) is 2.82. The van der Waals surface area contributed by atoms with Crippen LogP contribution in [-0.2, 0) is 11.3 Å². The fraction of sp³-hybridized carbons (Fsp3) is 0.417. The van der Waals surface area contributed by atoms with E-state index in [-0.39, 0.29) is 24.3 Å². The fourth-order valence-corrected chi connectivity index (χ4v) is 3.95. The Kier molecular flexibility index (Phi) is 7.63. The quantitative estimate of drug-likeness (QED) is 0.658. The molecule has 1 heterocycles. The molecule has 1 fully saturated rings. The highest BCUT2D eigenvalue weighted by molar-refractivity contribution is 5.91. The molecule has 3 rings (SSSR count). The zero-order chi connectivity index (χ0) is 24.0. The maximum atomic E-state index is 13.1. The number of piperidine rings is 1. The first kappa shape index (κ1) is 24.2. The predicted molar refractivity (Wildman–Crippen MR) is 122 cm³/mol. The van der Waals surface area contributed by atoms with Gasteiger partial charge in [-0.15, -0.1) is 0 Å². The minimum absolute atomic E-state index is 0.142. The van der Waals surface area contributed by atoms with Gasteiger partial charge in [-0.3, -0.25) is 4.79 Å². The number of nitrogens with one attached hydrogen (secondary N) is 2. The Morgan fingerprint density at radius 3 is 2.27 bits per heavy atom. The van der Waals surface area contributed by atoms with E-state index in [4.69, 9.17) is 14.2 Å². The third kappa shape index (κ3) is 5.66. The summed E-state index contributed by atoms with van der Waals surface area (Å²) in [6.45, 7) is 2.97. The molecule has 0 bridgehead atoms. The molecule has 1 atom stereocenters. The van der Waals surface area contributed by atoms with Crippen molar-refractivity contribution in [2.24, 2.45) is 5.41 Å². The number of likely N-dealkylation sites (tertiary alicyclic amines) is 1.